The summed E-state index contributed by atoms with van der Waals surface area (Å²) >= 11 is 0. The number of nitrogens with one attached hydrogen (secondary N) is 2. The van der Waals surface area contributed by atoms with Crippen LogP contribution in [-0.4, -0.2) is 0 Å². The second-order valence-corrected chi connectivity index (χ2v) is 14.9. The third kappa shape index (κ3) is 7.29. The zero-order valence-corrected chi connectivity index (χ0v) is 31.9. The summed E-state index contributed by atoms with van der Waals surface area (Å²) in [5, 5.41) is 12.9. The van der Waals surface area contributed by atoms with Gasteiger partial charge in [0.2, 0.25) is 0 Å². The van der Waals surface area contributed by atoms with Crippen LogP contribution in [0.2, 0.25) is 0 Å². The first-order valence-corrected chi connectivity index (χ1v) is 19.7. The van der Waals surface area contributed by atoms with Gasteiger partial charge in [-0.3, -0.25) is 10.6 Å². The predicted molar refractivity (Wildman–Crippen MR) is 229 cm³/mol. The summed E-state index contributed by atoms with van der Waals surface area (Å²) in [7, 11) is 0. The predicted octanol–water partition coefficient (Wildman–Crippen LogP) is 12.3. The van der Waals surface area contributed by atoms with E-state index in [0.29, 0.717) is 13.2 Å². The van der Waals surface area contributed by atoms with Gasteiger partial charge in [0.1, 0.15) is 24.7 Å². The number of benzene rings is 8. The summed E-state index contributed by atoms with van der Waals surface area (Å²) in [6.07, 6.45) is 0. The van der Waals surface area contributed by atoms with Crippen molar-refractivity contribution >= 4 is 21.5 Å². The molecule has 4 atom stereocenters. The second-order valence-electron chi connectivity index (χ2n) is 14.9. The van der Waals surface area contributed by atoms with Gasteiger partial charge in [0.25, 0.3) is 0 Å². The smallest absolute Gasteiger partial charge is 0.125 e. The van der Waals surface area contributed by atoms with Gasteiger partial charge in [0.05, 0.1) is 12.1 Å². The van der Waals surface area contributed by atoms with Crippen LogP contribution in [0, 0.1) is 0 Å². The maximum Gasteiger partial charge on any atom is 0.125 e. The van der Waals surface area contributed by atoms with Gasteiger partial charge in [-0.2, -0.15) is 0 Å². The van der Waals surface area contributed by atoms with Crippen molar-refractivity contribution in [3.63, 3.8) is 0 Å². The van der Waals surface area contributed by atoms with E-state index in [1.807, 2.05) is 0 Å². The molecule has 4 heteroatoms. The summed E-state index contributed by atoms with van der Waals surface area (Å²) in [5.41, 5.74) is 9.20. The molecule has 276 valence electrons. The Balaban J connectivity index is 1.29. The molecule has 4 nitrogen and oxygen atoms in total. The highest BCUT2D eigenvalue weighted by atomic mass is 16.5. The summed E-state index contributed by atoms with van der Waals surface area (Å²) in [5.74, 6) is 1.73. The van der Waals surface area contributed by atoms with E-state index in [-0.39, 0.29) is 24.2 Å². The van der Waals surface area contributed by atoms with Crippen molar-refractivity contribution in [2.24, 2.45) is 0 Å². The van der Waals surface area contributed by atoms with Gasteiger partial charge < -0.3 is 9.47 Å². The van der Waals surface area contributed by atoms with Gasteiger partial charge in [-0.1, -0.05) is 164 Å². The Kier molecular flexibility index (Phi) is 10.1. The maximum atomic E-state index is 6.86. The van der Waals surface area contributed by atoms with Crippen LogP contribution < -0.4 is 20.1 Å². The highest BCUT2D eigenvalue weighted by Gasteiger charge is 2.28. The van der Waals surface area contributed by atoms with E-state index in [9.17, 15) is 0 Å². The average molecular weight is 731 g/mol. The van der Waals surface area contributed by atoms with E-state index in [2.05, 4.69) is 206 Å². The number of hydrogen-bond acceptors (Lipinski definition) is 4. The van der Waals surface area contributed by atoms with E-state index in [1.165, 1.54) is 32.7 Å². The lowest BCUT2D eigenvalue weighted by Gasteiger charge is -2.30. The quantitative estimate of drug-likeness (QED) is 0.179. The van der Waals surface area contributed by atoms with Crippen molar-refractivity contribution in [1.29, 1.82) is 0 Å². The third-order valence-electron chi connectivity index (χ3n) is 11.2. The lowest BCUT2D eigenvalue weighted by Crippen LogP contribution is -2.28. The zero-order chi connectivity index (χ0) is 37.8. The molecule has 0 aliphatic carbocycles. The van der Waals surface area contributed by atoms with Gasteiger partial charge in [-0.05, 0) is 87.0 Å². The van der Waals surface area contributed by atoms with Crippen LogP contribution in [0.25, 0.3) is 21.5 Å². The fourth-order valence-corrected chi connectivity index (χ4v) is 8.32. The largest absolute Gasteiger partial charge is 0.489 e. The van der Waals surface area contributed by atoms with Gasteiger partial charge in [0.15, 0.2) is 0 Å². The van der Waals surface area contributed by atoms with E-state index in [1.54, 1.807) is 0 Å². The van der Waals surface area contributed by atoms with Crippen molar-refractivity contribution in [1.82, 2.24) is 10.6 Å². The molecule has 56 heavy (non-hydrogen) atoms. The Labute approximate surface area is 329 Å². The van der Waals surface area contributed by atoms with Crippen LogP contribution in [0.3, 0.4) is 0 Å². The first kappa shape index (κ1) is 35.5. The Morgan fingerprint density at radius 1 is 0.429 bits per heavy atom. The number of rotatable bonds is 6. The van der Waals surface area contributed by atoms with Crippen LogP contribution in [0.1, 0.15) is 82.5 Å². The molecule has 1 aliphatic rings. The van der Waals surface area contributed by atoms with Crippen LogP contribution in [0.15, 0.2) is 182 Å². The molecule has 0 amide bonds. The first-order chi connectivity index (χ1) is 27.6. The minimum Gasteiger partial charge on any atom is -0.489 e. The van der Waals surface area contributed by atoms with Crippen molar-refractivity contribution in [3.05, 3.63) is 226 Å². The van der Waals surface area contributed by atoms with Crippen LogP contribution in [-0.2, 0) is 13.2 Å². The monoisotopic (exact) mass is 730 g/mol. The Morgan fingerprint density at radius 2 is 0.857 bits per heavy atom. The molecule has 0 aromatic heterocycles. The van der Waals surface area contributed by atoms with E-state index >= 15 is 0 Å². The Hall–Kier alpha value is -6.20. The SMILES string of the molecule is C[C@H](NC1c2cccc(c2)[C@H](N[C@@H](C)c2ccccc2)c2c(ccc3ccccc23)OCc2cccc(c2)COc2ccc3ccccc3c21)c1ccccc1. The van der Waals surface area contributed by atoms with Crippen molar-refractivity contribution in [2.45, 2.75) is 51.2 Å². The fourth-order valence-electron chi connectivity index (χ4n) is 8.32. The van der Waals surface area contributed by atoms with Gasteiger partial charge >= 0.3 is 0 Å². The molecule has 4 bridgehead atoms. The molecular weight excluding hydrogens is 685 g/mol. The fraction of sp³-hybridized carbons (Fsp3) is 0.154. The molecule has 1 unspecified atom stereocenters. The third-order valence-corrected chi connectivity index (χ3v) is 11.2. The van der Waals surface area contributed by atoms with Crippen LogP contribution in [0.5, 0.6) is 11.5 Å². The average Bonchev–Trinajstić information content (AvgIpc) is 3.26. The van der Waals surface area contributed by atoms with E-state index in [0.717, 1.165) is 44.9 Å². The van der Waals surface area contributed by atoms with E-state index in [4.69, 9.17) is 9.47 Å². The molecule has 1 aliphatic heterocycles. The lowest BCUT2D eigenvalue weighted by atomic mass is 9.87. The molecule has 0 fully saturated rings. The zero-order valence-electron chi connectivity index (χ0n) is 31.9. The van der Waals surface area contributed by atoms with Gasteiger partial charge in [0, 0.05) is 23.2 Å². The molecule has 1 heterocycles. The maximum absolute atomic E-state index is 6.86. The van der Waals surface area contributed by atoms with Crippen LogP contribution >= 0.6 is 0 Å². The summed E-state index contributed by atoms with van der Waals surface area (Å²) in [6, 6.07) is 64.7. The molecule has 9 rings (SSSR count). The second kappa shape index (κ2) is 15.9. The number of ether oxygens (including phenoxy) is 2. The molecule has 2 N–H and O–H groups in total. The molecule has 0 radical (unpaired) electrons. The van der Waals surface area contributed by atoms with Crippen molar-refractivity contribution < 1.29 is 9.47 Å². The standard InChI is InChI=1S/C52H46N2O2/c1-35(39-17-5-3-6-18-39)53-51-43-23-14-24-44(32-43)52(54-36(2)40-19-7-4-8-20-40)50-46-26-12-10-22-42(46)28-30-48(50)56-34-38-16-13-15-37(31-38)33-55-47-29-27-41-21-9-11-25-45(41)49(47)51/h3-32,35-36,51-54H,33-34H2,1-2H3/t35-,36-,51-,52?/m0/s1. The minimum absolute atomic E-state index is 0.0454. The Bertz CT molecular complexity index is 2430. The molecule has 0 spiro atoms. The molecule has 8 aromatic carbocycles. The highest BCUT2D eigenvalue weighted by molar-refractivity contribution is 5.90. The van der Waals surface area contributed by atoms with E-state index < -0.39 is 0 Å². The molecular formula is C52H46N2O2. The lowest BCUT2D eigenvalue weighted by molar-refractivity contribution is 0.294. The number of fused-ring (bicyclic) bond motifs is 10. The van der Waals surface area contributed by atoms with Gasteiger partial charge in [-0.15, -0.1) is 0 Å². The summed E-state index contributed by atoms with van der Waals surface area (Å²) < 4.78 is 13.7. The molecule has 8 aromatic rings. The first-order valence-electron chi connectivity index (χ1n) is 19.7. The van der Waals surface area contributed by atoms with Gasteiger partial charge in [-0.25, -0.2) is 0 Å². The summed E-state index contributed by atoms with van der Waals surface area (Å²) in [4.78, 5) is 0. The Morgan fingerprint density at radius 3 is 1.34 bits per heavy atom. The molecule has 0 saturated carbocycles. The summed E-state index contributed by atoms with van der Waals surface area (Å²) in [6.45, 7) is 5.37. The topological polar surface area (TPSA) is 42.5 Å². The van der Waals surface area contributed by atoms with Crippen LogP contribution in [0.4, 0.5) is 0 Å². The highest BCUT2D eigenvalue weighted by Crippen LogP contribution is 2.42. The van der Waals surface area contributed by atoms with Crippen molar-refractivity contribution in [2.75, 3.05) is 0 Å². The number of hydrogen-bond donors (Lipinski definition) is 2. The normalized spacial score (nSPS) is 16.5. The molecule has 0 saturated heterocycles. The minimum atomic E-state index is -0.207. The van der Waals surface area contributed by atoms with Crippen molar-refractivity contribution in [3.8, 4) is 11.5 Å².